The zero-order valence-electron chi connectivity index (χ0n) is 12.5. The van der Waals surface area contributed by atoms with Crippen LogP contribution in [0.5, 0.6) is 0 Å². The molecule has 22 heavy (non-hydrogen) atoms. The fourth-order valence-electron chi connectivity index (χ4n) is 2.38. The smallest absolute Gasteiger partial charge is 0.323 e. The van der Waals surface area contributed by atoms with Gasteiger partial charge in [0.25, 0.3) is 0 Å². The molecule has 2 aromatic heterocycles. The molecule has 1 aliphatic heterocycles. The van der Waals surface area contributed by atoms with Crippen LogP contribution in [0.25, 0.3) is 0 Å². The minimum absolute atomic E-state index is 0.00465. The highest BCUT2D eigenvalue weighted by molar-refractivity contribution is 7.15. The van der Waals surface area contributed by atoms with Gasteiger partial charge in [-0.3, -0.25) is 5.32 Å². The third-order valence-electron chi connectivity index (χ3n) is 3.45. The quantitative estimate of drug-likeness (QED) is 0.933. The Balaban J connectivity index is 1.66. The molecule has 0 aromatic carbocycles. The second kappa shape index (κ2) is 6.72. The molecule has 118 valence electrons. The number of hydrogen-bond donors (Lipinski definition) is 1. The molecular weight excluding hydrogens is 320 g/mol. The van der Waals surface area contributed by atoms with Gasteiger partial charge in [-0.2, -0.15) is 11.3 Å². The molecule has 0 saturated carbocycles. The lowest BCUT2D eigenvalue weighted by Gasteiger charge is -2.36. The molecule has 0 bridgehead atoms. The summed E-state index contributed by atoms with van der Waals surface area (Å²) < 4.78 is 5.94. The lowest BCUT2D eigenvalue weighted by Crippen LogP contribution is -2.47. The molecule has 8 heteroatoms. The standard InChI is InChI=1S/C14H18N4O2S2/c1-3-12-16-17-13(22-12)15-14(19)18-6-9(2)20-11(7-18)10-4-5-21-8-10/h4-5,8-9,11H,3,6-7H2,1-2H3,(H,15,17,19)/t9-,11-/m1/s1. The third kappa shape index (κ3) is 3.45. The predicted molar refractivity (Wildman–Crippen MR) is 87.5 cm³/mol. The summed E-state index contributed by atoms with van der Waals surface area (Å²) >= 11 is 3.05. The van der Waals surface area contributed by atoms with Gasteiger partial charge in [-0.15, -0.1) is 10.2 Å². The number of carbonyl (C=O) groups excluding carboxylic acids is 1. The number of carbonyl (C=O) groups is 1. The molecule has 1 aliphatic rings. The van der Waals surface area contributed by atoms with Crippen LogP contribution in [-0.4, -0.2) is 40.3 Å². The van der Waals surface area contributed by atoms with E-state index in [1.807, 2.05) is 25.3 Å². The summed E-state index contributed by atoms with van der Waals surface area (Å²) in [6.07, 6.45) is 0.758. The van der Waals surface area contributed by atoms with Crippen LogP contribution in [0.2, 0.25) is 0 Å². The van der Waals surface area contributed by atoms with Gasteiger partial charge in [-0.05, 0) is 35.7 Å². The number of hydrogen-bond acceptors (Lipinski definition) is 6. The molecule has 1 N–H and O–H groups in total. The van der Waals surface area contributed by atoms with Crippen molar-refractivity contribution in [2.45, 2.75) is 32.5 Å². The van der Waals surface area contributed by atoms with Crippen LogP contribution >= 0.6 is 22.7 Å². The number of ether oxygens (including phenoxy) is 1. The minimum Gasteiger partial charge on any atom is -0.367 e. The van der Waals surface area contributed by atoms with Gasteiger partial charge in [0.05, 0.1) is 12.6 Å². The maximum atomic E-state index is 12.4. The van der Waals surface area contributed by atoms with Gasteiger partial charge in [0, 0.05) is 6.54 Å². The zero-order chi connectivity index (χ0) is 15.5. The van der Waals surface area contributed by atoms with E-state index in [4.69, 9.17) is 4.74 Å². The van der Waals surface area contributed by atoms with E-state index in [-0.39, 0.29) is 18.2 Å². The van der Waals surface area contributed by atoms with E-state index >= 15 is 0 Å². The molecule has 0 spiro atoms. The molecule has 6 nitrogen and oxygen atoms in total. The summed E-state index contributed by atoms with van der Waals surface area (Å²) in [4.78, 5) is 14.2. The SMILES string of the molecule is CCc1nnc(NC(=O)N2C[C@@H](C)O[C@@H](c3ccsc3)C2)s1. The Morgan fingerprint density at radius 3 is 3.05 bits per heavy atom. The van der Waals surface area contributed by atoms with Gasteiger partial charge >= 0.3 is 6.03 Å². The molecule has 1 fully saturated rings. The van der Waals surface area contributed by atoms with Crippen molar-refractivity contribution in [2.24, 2.45) is 0 Å². The van der Waals surface area contributed by atoms with Crippen LogP contribution in [0, 0.1) is 0 Å². The van der Waals surface area contributed by atoms with Crippen LogP contribution < -0.4 is 5.32 Å². The van der Waals surface area contributed by atoms with E-state index in [9.17, 15) is 4.79 Å². The molecule has 3 rings (SSSR count). The van der Waals surface area contributed by atoms with Crippen molar-refractivity contribution in [3.05, 3.63) is 27.4 Å². The first-order chi connectivity index (χ1) is 10.7. The Labute approximate surface area is 137 Å². The predicted octanol–water partition coefficient (Wildman–Crippen LogP) is 3.16. The van der Waals surface area contributed by atoms with Crippen molar-refractivity contribution >= 4 is 33.8 Å². The average Bonchev–Trinajstić information content (AvgIpc) is 3.18. The summed E-state index contributed by atoms with van der Waals surface area (Å²) in [5.41, 5.74) is 1.12. The lowest BCUT2D eigenvalue weighted by atomic mass is 10.1. The lowest BCUT2D eigenvalue weighted by molar-refractivity contribution is -0.0640. The Morgan fingerprint density at radius 2 is 2.36 bits per heavy atom. The van der Waals surface area contributed by atoms with E-state index < -0.39 is 0 Å². The largest absolute Gasteiger partial charge is 0.367 e. The number of urea groups is 1. The summed E-state index contributed by atoms with van der Waals surface area (Å²) in [7, 11) is 0. The molecule has 2 atom stereocenters. The maximum absolute atomic E-state index is 12.4. The van der Waals surface area contributed by atoms with Crippen LogP contribution in [-0.2, 0) is 11.2 Å². The second-order valence-corrected chi connectivity index (χ2v) is 7.02. The van der Waals surface area contributed by atoms with Crippen molar-refractivity contribution in [1.29, 1.82) is 0 Å². The van der Waals surface area contributed by atoms with Gasteiger partial charge < -0.3 is 9.64 Å². The van der Waals surface area contributed by atoms with Crippen molar-refractivity contribution in [3.8, 4) is 0 Å². The fourth-order valence-corrected chi connectivity index (χ4v) is 3.75. The number of amides is 2. The van der Waals surface area contributed by atoms with Crippen molar-refractivity contribution in [1.82, 2.24) is 15.1 Å². The number of nitrogens with zero attached hydrogens (tertiary/aromatic N) is 3. The molecule has 2 amide bonds. The summed E-state index contributed by atoms with van der Waals surface area (Å²) in [6.45, 7) is 5.12. The maximum Gasteiger partial charge on any atom is 0.323 e. The van der Waals surface area contributed by atoms with Gasteiger partial charge in [-0.1, -0.05) is 18.3 Å². The molecule has 0 unspecified atom stereocenters. The number of aromatic nitrogens is 2. The molecule has 0 aliphatic carbocycles. The first kappa shape index (κ1) is 15.4. The highest BCUT2D eigenvalue weighted by Gasteiger charge is 2.30. The summed E-state index contributed by atoms with van der Waals surface area (Å²) in [5, 5.41) is 16.4. The number of morpholine rings is 1. The molecule has 3 heterocycles. The second-order valence-electron chi connectivity index (χ2n) is 5.18. The number of nitrogens with one attached hydrogen (secondary N) is 1. The highest BCUT2D eigenvalue weighted by atomic mass is 32.1. The first-order valence-corrected chi connectivity index (χ1v) is 8.97. The van der Waals surface area contributed by atoms with Gasteiger partial charge in [0.15, 0.2) is 0 Å². The Hall–Kier alpha value is -1.51. The Kier molecular flexibility index (Phi) is 4.70. The minimum atomic E-state index is -0.144. The van der Waals surface area contributed by atoms with E-state index in [0.717, 1.165) is 17.0 Å². The van der Waals surface area contributed by atoms with Crippen molar-refractivity contribution in [3.63, 3.8) is 0 Å². The highest BCUT2D eigenvalue weighted by Crippen LogP contribution is 2.27. The van der Waals surface area contributed by atoms with Crippen molar-refractivity contribution < 1.29 is 9.53 Å². The van der Waals surface area contributed by atoms with Gasteiger partial charge in [0.1, 0.15) is 11.1 Å². The number of anilines is 1. The Bertz CT molecular complexity index is 629. The molecule has 2 aromatic rings. The van der Waals surface area contributed by atoms with Crippen LogP contribution in [0.15, 0.2) is 16.8 Å². The first-order valence-electron chi connectivity index (χ1n) is 7.21. The summed E-state index contributed by atoms with van der Waals surface area (Å²) in [5.74, 6) is 0. The zero-order valence-corrected chi connectivity index (χ0v) is 14.1. The van der Waals surface area contributed by atoms with Gasteiger partial charge in [-0.25, -0.2) is 4.79 Å². The average molecular weight is 338 g/mol. The molecular formula is C14H18N4O2S2. The topological polar surface area (TPSA) is 67.4 Å². The van der Waals surface area contributed by atoms with Crippen LogP contribution in [0.4, 0.5) is 9.93 Å². The van der Waals surface area contributed by atoms with Crippen LogP contribution in [0.1, 0.15) is 30.5 Å². The van der Waals surface area contributed by atoms with E-state index in [1.165, 1.54) is 11.3 Å². The van der Waals surface area contributed by atoms with Crippen LogP contribution in [0.3, 0.4) is 0 Å². The molecule has 0 radical (unpaired) electrons. The van der Waals surface area contributed by atoms with E-state index in [2.05, 4.69) is 20.9 Å². The van der Waals surface area contributed by atoms with Crippen molar-refractivity contribution in [2.75, 3.05) is 18.4 Å². The summed E-state index contributed by atoms with van der Waals surface area (Å²) in [6, 6.07) is 1.90. The fraction of sp³-hybridized carbons (Fsp3) is 0.500. The third-order valence-corrected chi connectivity index (χ3v) is 5.13. The number of aryl methyl sites for hydroxylation is 1. The van der Waals surface area contributed by atoms with E-state index in [1.54, 1.807) is 16.2 Å². The number of rotatable bonds is 3. The Morgan fingerprint density at radius 1 is 1.50 bits per heavy atom. The van der Waals surface area contributed by atoms with E-state index in [0.29, 0.717) is 18.2 Å². The monoisotopic (exact) mass is 338 g/mol. The van der Waals surface area contributed by atoms with Gasteiger partial charge in [0.2, 0.25) is 5.13 Å². The number of thiophene rings is 1. The normalized spacial score (nSPS) is 21.8. The molecule has 1 saturated heterocycles.